The molecule has 1 aromatic heterocycles. The number of amides is 1. The number of aryl methyl sites for hydroxylation is 1. The van der Waals surface area contributed by atoms with Crippen molar-refractivity contribution in [3.8, 4) is 0 Å². The lowest BCUT2D eigenvalue weighted by Gasteiger charge is -2.23. The lowest BCUT2D eigenvalue weighted by molar-refractivity contribution is -0.115. The van der Waals surface area contributed by atoms with Gasteiger partial charge in [0.1, 0.15) is 12.2 Å². The number of pyridine rings is 1. The van der Waals surface area contributed by atoms with Gasteiger partial charge >= 0.3 is 6.18 Å². The third kappa shape index (κ3) is 6.51. The van der Waals surface area contributed by atoms with Crippen molar-refractivity contribution in [2.24, 2.45) is 0 Å². The third-order valence-corrected chi connectivity index (χ3v) is 6.60. The topological polar surface area (TPSA) is 66.0 Å². The molecule has 1 atom stereocenters. The van der Waals surface area contributed by atoms with Gasteiger partial charge in [-0.1, -0.05) is 20.8 Å². The summed E-state index contributed by atoms with van der Waals surface area (Å²) >= 11 is 1.88. The van der Waals surface area contributed by atoms with Crippen LogP contribution in [0.5, 0.6) is 0 Å². The SMILES string of the molecule is Cc1cc(C(=O)NC[C@@H]2CSCCCN2)nc2c(C(C)(C)C)cc(NCC(F)(F)F)cc12. The molecule has 1 aromatic carbocycles. The summed E-state index contributed by atoms with van der Waals surface area (Å²) in [4.78, 5) is 17.5. The molecule has 0 radical (unpaired) electrons. The van der Waals surface area contributed by atoms with E-state index < -0.39 is 12.7 Å². The van der Waals surface area contributed by atoms with Crippen LogP contribution in [0.3, 0.4) is 0 Å². The zero-order valence-electron chi connectivity index (χ0n) is 18.9. The van der Waals surface area contributed by atoms with Crippen molar-refractivity contribution in [2.45, 2.75) is 51.7 Å². The molecule has 176 valence electrons. The lowest BCUT2D eigenvalue weighted by atomic mass is 9.84. The number of halogens is 3. The molecule has 0 aliphatic carbocycles. The number of alkyl halides is 3. The fraction of sp³-hybridized carbons (Fsp3) is 0.565. The van der Waals surface area contributed by atoms with Crippen LogP contribution in [0.1, 0.15) is 48.8 Å². The van der Waals surface area contributed by atoms with Crippen molar-refractivity contribution in [3.63, 3.8) is 0 Å². The molecule has 1 saturated heterocycles. The van der Waals surface area contributed by atoms with Crippen LogP contribution < -0.4 is 16.0 Å². The Morgan fingerprint density at radius 2 is 2.00 bits per heavy atom. The predicted molar refractivity (Wildman–Crippen MR) is 126 cm³/mol. The predicted octanol–water partition coefficient (Wildman–Crippen LogP) is 4.64. The molecule has 1 amide bonds. The summed E-state index contributed by atoms with van der Waals surface area (Å²) < 4.78 is 38.1. The number of anilines is 1. The summed E-state index contributed by atoms with van der Waals surface area (Å²) in [5.41, 5.74) is 2.56. The second-order valence-corrected chi connectivity index (χ2v) is 10.4. The Hall–Kier alpha value is -2.00. The Morgan fingerprint density at radius 3 is 2.69 bits per heavy atom. The highest BCUT2D eigenvalue weighted by molar-refractivity contribution is 7.99. The molecule has 0 spiro atoms. The molecule has 32 heavy (non-hydrogen) atoms. The number of fused-ring (bicyclic) bond motifs is 1. The maximum atomic E-state index is 12.9. The highest BCUT2D eigenvalue weighted by Gasteiger charge is 2.27. The van der Waals surface area contributed by atoms with Crippen molar-refractivity contribution in [3.05, 3.63) is 35.0 Å². The van der Waals surface area contributed by atoms with Gasteiger partial charge in [-0.15, -0.1) is 0 Å². The minimum Gasteiger partial charge on any atom is -0.376 e. The number of rotatable bonds is 5. The zero-order chi connectivity index (χ0) is 23.5. The second-order valence-electron chi connectivity index (χ2n) is 9.25. The van der Waals surface area contributed by atoms with E-state index in [9.17, 15) is 18.0 Å². The summed E-state index contributed by atoms with van der Waals surface area (Å²) in [6.45, 7) is 8.15. The third-order valence-electron chi connectivity index (χ3n) is 5.38. The van der Waals surface area contributed by atoms with Gasteiger partial charge in [-0.2, -0.15) is 24.9 Å². The van der Waals surface area contributed by atoms with Crippen LogP contribution in [0.15, 0.2) is 18.2 Å². The van der Waals surface area contributed by atoms with Gasteiger partial charge < -0.3 is 16.0 Å². The van der Waals surface area contributed by atoms with E-state index in [1.807, 2.05) is 39.5 Å². The van der Waals surface area contributed by atoms with Crippen LogP contribution in [-0.2, 0) is 5.41 Å². The molecule has 3 rings (SSSR count). The average Bonchev–Trinajstić information content (AvgIpc) is 2.97. The molecule has 0 saturated carbocycles. The number of hydrogen-bond acceptors (Lipinski definition) is 5. The number of benzene rings is 1. The Labute approximate surface area is 191 Å². The Balaban J connectivity index is 1.90. The number of carbonyl (C=O) groups is 1. The van der Waals surface area contributed by atoms with Crippen LogP contribution in [-0.4, -0.2) is 54.2 Å². The Bertz CT molecular complexity index is 964. The van der Waals surface area contributed by atoms with Gasteiger partial charge in [-0.3, -0.25) is 4.79 Å². The van der Waals surface area contributed by atoms with Gasteiger partial charge in [0.25, 0.3) is 5.91 Å². The van der Waals surface area contributed by atoms with Crippen LogP contribution in [0.25, 0.3) is 10.9 Å². The molecule has 3 N–H and O–H groups in total. The Morgan fingerprint density at radius 1 is 1.25 bits per heavy atom. The van der Waals surface area contributed by atoms with Gasteiger partial charge in [0.2, 0.25) is 0 Å². The largest absolute Gasteiger partial charge is 0.405 e. The fourth-order valence-electron chi connectivity index (χ4n) is 3.69. The summed E-state index contributed by atoms with van der Waals surface area (Å²) in [5, 5.41) is 9.64. The van der Waals surface area contributed by atoms with Crippen LogP contribution >= 0.6 is 11.8 Å². The number of carbonyl (C=O) groups excluding carboxylic acids is 1. The van der Waals surface area contributed by atoms with Crippen molar-refractivity contribution in [2.75, 3.05) is 36.5 Å². The van der Waals surface area contributed by atoms with Crippen LogP contribution in [0, 0.1) is 6.92 Å². The van der Waals surface area contributed by atoms with E-state index in [2.05, 4.69) is 20.9 Å². The van der Waals surface area contributed by atoms with E-state index in [-0.39, 0.29) is 17.4 Å². The molecule has 1 aliphatic rings. The molecule has 9 heteroatoms. The number of nitrogens with one attached hydrogen (secondary N) is 3. The molecule has 0 unspecified atom stereocenters. The molecule has 1 aliphatic heterocycles. The van der Waals surface area contributed by atoms with Crippen molar-refractivity contribution >= 4 is 34.3 Å². The van der Waals surface area contributed by atoms with E-state index in [0.29, 0.717) is 23.4 Å². The van der Waals surface area contributed by atoms with Crippen LogP contribution in [0.4, 0.5) is 18.9 Å². The van der Waals surface area contributed by atoms with Gasteiger partial charge in [-0.25, -0.2) is 4.98 Å². The van der Waals surface area contributed by atoms with E-state index in [0.717, 1.165) is 41.0 Å². The first-order valence-corrected chi connectivity index (χ1v) is 12.0. The number of hydrogen-bond donors (Lipinski definition) is 3. The lowest BCUT2D eigenvalue weighted by Crippen LogP contribution is -2.42. The molecule has 2 heterocycles. The van der Waals surface area contributed by atoms with Crippen molar-refractivity contribution < 1.29 is 18.0 Å². The smallest absolute Gasteiger partial charge is 0.376 e. The zero-order valence-corrected chi connectivity index (χ0v) is 19.8. The maximum Gasteiger partial charge on any atom is 0.405 e. The monoisotopic (exact) mass is 468 g/mol. The number of aromatic nitrogens is 1. The standard InChI is InChI=1S/C23H31F3N4OS/c1-14-8-19(21(31)28-11-16-12-32-7-5-6-27-16)30-20-17(14)9-15(29-13-23(24,25)26)10-18(20)22(2,3)4/h8-10,16,27,29H,5-7,11-13H2,1-4H3,(H,28,31)/t16-/m1/s1. The van der Waals surface area contributed by atoms with E-state index >= 15 is 0 Å². The first kappa shape index (κ1) is 24.6. The van der Waals surface area contributed by atoms with Gasteiger partial charge in [0.05, 0.1) is 5.52 Å². The van der Waals surface area contributed by atoms with E-state index in [1.54, 1.807) is 18.2 Å². The van der Waals surface area contributed by atoms with Gasteiger partial charge in [-0.05, 0) is 60.4 Å². The first-order valence-electron chi connectivity index (χ1n) is 10.8. The number of thioether (sulfide) groups is 1. The van der Waals surface area contributed by atoms with Gasteiger partial charge in [0.15, 0.2) is 0 Å². The fourth-order valence-corrected chi connectivity index (χ4v) is 4.72. The van der Waals surface area contributed by atoms with Gasteiger partial charge in [0, 0.05) is 29.4 Å². The second kappa shape index (κ2) is 9.87. The summed E-state index contributed by atoms with van der Waals surface area (Å²) in [6, 6.07) is 5.30. The first-order chi connectivity index (χ1) is 14.9. The average molecular weight is 469 g/mol. The van der Waals surface area contributed by atoms with E-state index in [4.69, 9.17) is 0 Å². The Kier molecular flexibility index (Phi) is 7.60. The quantitative estimate of drug-likeness (QED) is 0.597. The highest BCUT2D eigenvalue weighted by atomic mass is 32.2. The molecule has 0 bridgehead atoms. The minimum absolute atomic E-state index is 0.223. The maximum absolute atomic E-state index is 12.9. The summed E-state index contributed by atoms with van der Waals surface area (Å²) in [5.74, 6) is 1.83. The number of nitrogens with zero attached hydrogens (tertiary/aromatic N) is 1. The molecule has 5 nitrogen and oxygen atoms in total. The van der Waals surface area contributed by atoms with Crippen molar-refractivity contribution in [1.29, 1.82) is 0 Å². The van der Waals surface area contributed by atoms with Crippen molar-refractivity contribution in [1.82, 2.24) is 15.6 Å². The molecular formula is C23H31F3N4OS. The highest BCUT2D eigenvalue weighted by Crippen LogP contribution is 2.34. The van der Waals surface area contributed by atoms with E-state index in [1.165, 1.54) is 0 Å². The molecular weight excluding hydrogens is 437 g/mol. The summed E-state index contributed by atoms with van der Waals surface area (Å²) in [7, 11) is 0. The van der Waals surface area contributed by atoms with Crippen LogP contribution in [0.2, 0.25) is 0 Å². The molecule has 2 aromatic rings. The summed E-state index contributed by atoms with van der Waals surface area (Å²) in [6.07, 6.45) is -3.19. The minimum atomic E-state index is -4.31. The normalized spacial score (nSPS) is 17.8. The molecule has 1 fully saturated rings.